The van der Waals surface area contributed by atoms with E-state index in [1.165, 1.54) is 6.92 Å². The maximum absolute atomic E-state index is 13.7. The fraction of sp³-hybridized carbons (Fsp3) is 0.333. The van der Waals surface area contributed by atoms with E-state index in [4.69, 9.17) is 0 Å². The highest BCUT2D eigenvalue weighted by molar-refractivity contribution is 5.92. The summed E-state index contributed by atoms with van der Waals surface area (Å²) in [5.74, 6) is -2.08. The van der Waals surface area contributed by atoms with Gasteiger partial charge in [0.2, 0.25) is 0 Å². The van der Waals surface area contributed by atoms with Gasteiger partial charge in [0.05, 0.1) is 23.4 Å². The van der Waals surface area contributed by atoms with Gasteiger partial charge in [-0.15, -0.1) is 0 Å². The minimum Gasteiger partial charge on any atom is -0.341 e. The smallest absolute Gasteiger partial charge is 0.265 e. The van der Waals surface area contributed by atoms with Crippen molar-refractivity contribution in [2.75, 3.05) is 5.32 Å². The maximum atomic E-state index is 13.7. The van der Waals surface area contributed by atoms with E-state index in [1.54, 1.807) is 29.2 Å². The molecule has 0 fully saturated rings. The van der Waals surface area contributed by atoms with E-state index in [1.807, 2.05) is 26.0 Å². The van der Waals surface area contributed by atoms with Crippen LogP contribution in [0.1, 0.15) is 24.6 Å². The van der Waals surface area contributed by atoms with E-state index in [0.717, 1.165) is 27.8 Å². The number of halogens is 2. The van der Waals surface area contributed by atoms with Gasteiger partial charge in [0.15, 0.2) is 0 Å². The molecule has 0 saturated carbocycles. The topological polar surface area (TPSA) is 42.7 Å². The fourth-order valence-electron chi connectivity index (χ4n) is 2.72. The molecule has 4 nitrogen and oxygen atoms in total. The summed E-state index contributed by atoms with van der Waals surface area (Å²) in [6, 6.07) is 5.50. The van der Waals surface area contributed by atoms with Crippen LogP contribution in [-0.4, -0.2) is 20.5 Å². The monoisotopic (exact) mass is 330 g/mol. The number of hydrogen-bond donors (Lipinski definition) is 1. The van der Waals surface area contributed by atoms with Crippen LogP contribution in [0.3, 0.4) is 0 Å². The number of aromatic nitrogens is 3. The second-order valence-corrected chi connectivity index (χ2v) is 5.96. The average molecular weight is 330 g/mol. The molecule has 0 aromatic carbocycles. The lowest BCUT2D eigenvalue weighted by molar-refractivity contribution is -0.0187. The van der Waals surface area contributed by atoms with E-state index in [0.29, 0.717) is 5.82 Å². The zero-order valence-corrected chi connectivity index (χ0v) is 14.0. The Balaban J connectivity index is 2.00. The Morgan fingerprint density at radius 1 is 1.12 bits per heavy atom. The minimum atomic E-state index is -2.72. The molecule has 0 amide bonds. The van der Waals surface area contributed by atoms with Crippen molar-refractivity contribution >= 4 is 22.4 Å². The standard InChI is InChI=1S/C18H20F2N4/c1-4-18(19,20)11-24-10-7-14-15(24)6-9-22-17(14)23-16-12(2)5-8-21-13(16)3/h5-10H,4,11H2,1-3H3,(H,22,23). The molecular weight excluding hydrogens is 310 g/mol. The van der Waals surface area contributed by atoms with Crippen LogP contribution in [0.25, 0.3) is 10.9 Å². The lowest BCUT2D eigenvalue weighted by Crippen LogP contribution is -2.22. The second kappa shape index (κ2) is 6.19. The highest BCUT2D eigenvalue weighted by Gasteiger charge is 2.27. The highest BCUT2D eigenvalue weighted by Crippen LogP contribution is 2.30. The van der Waals surface area contributed by atoms with Gasteiger partial charge in [-0.2, -0.15) is 0 Å². The zero-order valence-electron chi connectivity index (χ0n) is 14.0. The molecule has 0 bridgehead atoms. The van der Waals surface area contributed by atoms with Crippen molar-refractivity contribution in [2.24, 2.45) is 0 Å². The molecule has 0 unspecified atom stereocenters. The van der Waals surface area contributed by atoms with Crippen LogP contribution < -0.4 is 5.32 Å². The van der Waals surface area contributed by atoms with Crippen LogP contribution in [0, 0.1) is 13.8 Å². The van der Waals surface area contributed by atoms with E-state index in [-0.39, 0.29) is 13.0 Å². The first-order chi connectivity index (χ1) is 11.4. The summed E-state index contributed by atoms with van der Waals surface area (Å²) < 4.78 is 29.1. The van der Waals surface area contributed by atoms with Crippen molar-refractivity contribution in [1.29, 1.82) is 0 Å². The number of hydrogen-bond acceptors (Lipinski definition) is 3. The van der Waals surface area contributed by atoms with Crippen molar-refractivity contribution < 1.29 is 8.78 Å². The van der Waals surface area contributed by atoms with Gasteiger partial charge < -0.3 is 9.88 Å². The van der Waals surface area contributed by atoms with Gasteiger partial charge in [0.25, 0.3) is 5.92 Å². The third-order valence-electron chi connectivity index (χ3n) is 4.21. The van der Waals surface area contributed by atoms with Crippen LogP contribution in [0.15, 0.2) is 36.8 Å². The third kappa shape index (κ3) is 3.09. The first-order valence-corrected chi connectivity index (χ1v) is 7.92. The number of aryl methyl sites for hydroxylation is 2. The Kier molecular flexibility index (Phi) is 4.22. The van der Waals surface area contributed by atoms with Gasteiger partial charge >= 0.3 is 0 Å². The summed E-state index contributed by atoms with van der Waals surface area (Å²) in [6.07, 6.45) is 4.89. The van der Waals surface area contributed by atoms with Crippen LogP contribution in [-0.2, 0) is 6.54 Å². The maximum Gasteiger partial charge on any atom is 0.265 e. The van der Waals surface area contributed by atoms with Gasteiger partial charge in [0.1, 0.15) is 5.82 Å². The van der Waals surface area contributed by atoms with Crippen LogP contribution in [0.5, 0.6) is 0 Å². The Hall–Kier alpha value is -2.50. The van der Waals surface area contributed by atoms with E-state index in [9.17, 15) is 8.78 Å². The van der Waals surface area contributed by atoms with Gasteiger partial charge in [-0.1, -0.05) is 6.92 Å². The highest BCUT2D eigenvalue weighted by atomic mass is 19.3. The predicted octanol–water partition coefficient (Wildman–Crippen LogP) is 4.84. The molecular formula is C18H20F2N4. The molecule has 0 atom stereocenters. The second-order valence-electron chi connectivity index (χ2n) is 5.96. The zero-order chi connectivity index (χ0) is 17.3. The lowest BCUT2D eigenvalue weighted by atomic mass is 10.2. The number of fused-ring (bicyclic) bond motifs is 1. The van der Waals surface area contributed by atoms with E-state index >= 15 is 0 Å². The molecule has 0 radical (unpaired) electrons. The van der Waals surface area contributed by atoms with Crippen molar-refractivity contribution in [3.05, 3.63) is 48.0 Å². The minimum absolute atomic E-state index is 0.184. The summed E-state index contributed by atoms with van der Waals surface area (Å²) >= 11 is 0. The van der Waals surface area contributed by atoms with Gasteiger partial charge in [-0.25, -0.2) is 13.8 Å². The summed E-state index contributed by atoms with van der Waals surface area (Å²) in [5, 5.41) is 4.11. The normalized spacial score (nSPS) is 11.9. The number of pyridine rings is 2. The number of nitrogens with one attached hydrogen (secondary N) is 1. The predicted molar refractivity (Wildman–Crippen MR) is 92.0 cm³/mol. The molecule has 126 valence electrons. The van der Waals surface area contributed by atoms with Crippen molar-refractivity contribution in [2.45, 2.75) is 39.7 Å². The summed E-state index contributed by atoms with van der Waals surface area (Å²) in [6.45, 7) is 5.07. The number of anilines is 2. The molecule has 1 N–H and O–H groups in total. The number of alkyl halides is 2. The average Bonchev–Trinajstić information content (AvgIpc) is 2.94. The van der Waals surface area contributed by atoms with Crippen molar-refractivity contribution in [3.63, 3.8) is 0 Å². The Morgan fingerprint density at radius 3 is 2.58 bits per heavy atom. The van der Waals surface area contributed by atoms with Crippen molar-refractivity contribution in [3.8, 4) is 0 Å². The molecule has 0 aliphatic heterocycles. The molecule has 0 aliphatic rings. The Morgan fingerprint density at radius 2 is 1.88 bits per heavy atom. The fourth-order valence-corrected chi connectivity index (χ4v) is 2.72. The quantitative estimate of drug-likeness (QED) is 0.728. The first-order valence-electron chi connectivity index (χ1n) is 7.92. The largest absolute Gasteiger partial charge is 0.341 e. The molecule has 0 spiro atoms. The van der Waals surface area contributed by atoms with Crippen LogP contribution in [0.4, 0.5) is 20.3 Å². The molecule has 24 heavy (non-hydrogen) atoms. The summed E-state index contributed by atoms with van der Waals surface area (Å²) in [5.41, 5.74) is 3.55. The number of rotatable bonds is 5. The molecule has 3 aromatic heterocycles. The third-order valence-corrected chi connectivity index (χ3v) is 4.21. The molecule has 6 heteroatoms. The van der Waals surface area contributed by atoms with Crippen LogP contribution >= 0.6 is 0 Å². The summed E-state index contributed by atoms with van der Waals surface area (Å²) in [4.78, 5) is 8.66. The Bertz CT molecular complexity index is 850. The summed E-state index contributed by atoms with van der Waals surface area (Å²) in [7, 11) is 0. The van der Waals surface area contributed by atoms with Gasteiger partial charge in [-0.3, -0.25) is 4.98 Å². The SMILES string of the molecule is CCC(F)(F)Cn1ccc2c(Nc3c(C)ccnc3C)nccc21. The number of nitrogens with zero attached hydrogens (tertiary/aromatic N) is 3. The molecule has 0 aliphatic carbocycles. The molecule has 3 heterocycles. The molecule has 3 aromatic rings. The van der Waals surface area contributed by atoms with Crippen molar-refractivity contribution in [1.82, 2.24) is 14.5 Å². The van der Waals surface area contributed by atoms with Crippen LogP contribution in [0.2, 0.25) is 0 Å². The first kappa shape index (κ1) is 16.4. The van der Waals surface area contributed by atoms with Gasteiger partial charge in [0, 0.05) is 30.4 Å². The molecule has 0 saturated heterocycles. The van der Waals surface area contributed by atoms with E-state index < -0.39 is 5.92 Å². The molecule has 3 rings (SSSR count). The van der Waals surface area contributed by atoms with E-state index in [2.05, 4.69) is 15.3 Å². The van der Waals surface area contributed by atoms with Gasteiger partial charge in [-0.05, 0) is 37.6 Å². The Labute approximate surface area is 139 Å². The lowest BCUT2D eigenvalue weighted by Gasteiger charge is -2.16.